The zero-order valence-corrected chi connectivity index (χ0v) is 12.9. The average Bonchev–Trinajstić information content (AvgIpc) is 2.66. The van der Waals surface area contributed by atoms with Crippen molar-refractivity contribution in [3.05, 3.63) is 58.2 Å². The fourth-order valence-corrected chi connectivity index (χ4v) is 2.48. The second-order valence-corrected chi connectivity index (χ2v) is 5.08. The van der Waals surface area contributed by atoms with E-state index in [0.29, 0.717) is 24.4 Å². The Hall–Kier alpha value is -2.10. The molecule has 112 valence electrons. The standard InChI is InChI=1S/C17H20FNO2/c1-5-21-17(20)16-12(3)11(2)13(4)19(16)10-14-8-6-7-9-15(14)18/h6-9H,5,10H2,1-4H3. The second-order valence-electron chi connectivity index (χ2n) is 5.08. The van der Waals surface area contributed by atoms with Crippen molar-refractivity contribution in [1.29, 1.82) is 0 Å². The molecule has 0 fully saturated rings. The van der Waals surface area contributed by atoms with Crippen LogP contribution in [0.3, 0.4) is 0 Å². The molecule has 0 N–H and O–H groups in total. The molecule has 0 spiro atoms. The maximum atomic E-state index is 13.9. The van der Waals surface area contributed by atoms with Crippen molar-refractivity contribution in [2.24, 2.45) is 0 Å². The molecule has 1 aromatic heterocycles. The van der Waals surface area contributed by atoms with Gasteiger partial charge in [-0.2, -0.15) is 0 Å². The van der Waals surface area contributed by atoms with Crippen LogP contribution in [0.2, 0.25) is 0 Å². The molecule has 0 aliphatic heterocycles. The number of aromatic nitrogens is 1. The van der Waals surface area contributed by atoms with E-state index >= 15 is 0 Å². The highest BCUT2D eigenvalue weighted by molar-refractivity contribution is 5.90. The molecule has 0 aliphatic rings. The largest absolute Gasteiger partial charge is 0.461 e. The summed E-state index contributed by atoms with van der Waals surface area (Å²) in [6.07, 6.45) is 0. The van der Waals surface area contributed by atoms with Gasteiger partial charge in [0.05, 0.1) is 13.2 Å². The number of hydrogen-bond acceptors (Lipinski definition) is 2. The summed E-state index contributed by atoms with van der Waals surface area (Å²) in [7, 11) is 0. The van der Waals surface area contributed by atoms with Crippen molar-refractivity contribution < 1.29 is 13.9 Å². The van der Waals surface area contributed by atoms with Crippen LogP contribution in [0.15, 0.2) is 24.3 Å². The number of carbonyl (C=O) groups excluding carboxylic acids is 1. The van der Waals surface area contributed by atoms with Crippen LogP contribution < -0.4 is 0 Å². The first kappa shape index (κ1) is 15.3. The third-order valence-corrected chi connectivity index (χ3v) is 3.89. The van der Waals surface area contributed by atoms with Gasteiger partial charge < -0.3 is 9.30 Å². The van der Waals surface area contributed by atoms with Crippen LogP contribution in [0, 0.1) is 26.6 Å². The predicted octanol–water partition coefficient (Wildman–Crippen LogP) is 3.78. The number of ether oxygens (including phenoxy) is 1. The molecule has 0 bridgehead atoms. The first-order chi connectivity index (χ1) is 9.97. The Bertz CT molecular complexity index is 674. The van der Waals surface area contributed by atoms with Gasteiger partial charge >= 0.3 is 5.97 Å². The van der Waals surface area contributed by atoms with Crippen LogP contribution >= 0.6 is 0 Å². The zero-order valence-electron chi connectivity index (χ0n) is 12.9. The van der Waals surface area contributed by atoms with Gasteiger partial charge in [-0.25, -0.2) is 9.18 Å². The predicted molar refractivity (Wildman–Crippen MR) is 80.1 cm³/mol. The number of hydrogen-bond donors (Lipinski definition) is 0. The van der Waals surface area contributed by atoms with Crippen LogP contribution in [0.4, 0.5) is 4.39 Å². The molecule has 3 nitrogen and oxygen atoms in total. The van der Waals surface area contributed by atoms with Crippen molar-refractivity contribution in [1.82, 2.24) is 4.57 Å². The molecule has 0 unspecified atom stereocenters. The normalized spacial score (nSPS) is 10.7. The summed E-state index contributed by atoms with van der Waals surface area (Å²) in [5.74, 6) is -0.627. The van der Waals surface area contributed by atoms with Crippen LogP contribution in [0.5, 0.6) is 0 Å². The Labute approximate surface area is 124 Å². The van der Waals surface area contributed by atoms with Gasteiger partial charge in [0, 0.05) is 11.3 Å². The molecule has 1 aromatic carbocycles. The van der Waals surface area contributed by atoms with Gasteiger partial charge in [-0.1, -0.05) is 18.2 Å². The molecule has 0 aliphatic carbocycles. The van der Waals surface area contributed by atoms with Gasteiger partial charge in [0.25, 0.3) is 0 Å². The molecule has 1 heterocycles. The Morgan fingerprint density at radius 3 is 2.48 bits per heavy atom. The van der Waals surface area contributed by atoms with Crippen molar-refractivity contribution in [2.45, 2.75) is 34.2 Å². The lowest BCUT2D eigenvalue weighted by Gasteiger charge is -2.12. The van der Waals surface area contributed by atoms with E-state index in [2.05, 4.69) is 0 Å². The summed E-state index contributed by atoms with van der Waals surface area (Å²) < 4.78 is 20.8. The summed E-state index contributed by atoms with van der Waals surface area (Å²) >= 11 is 0. The van der Waals surface area contributed by atoms with Gasteiger partial charge in [0.1, 0.15) is 11.5 Å². The highest BCUT2D eigenvalue weighted by Crippen LogP contribution is 2.24. The van der Waals surface area contributed by atoms with Crippen LogP contribution in [0.1, 0.15) is 39.8 Å². The smallest absolute Gasteiger partial charge is 0.355 e. The molecule has 0 saturated carbocycles. The molecule has 21 heavy (non-hydrogen) atoms. The molecule has 2 aromatic rings. The van der Waals surface area contributed by atoms with E-state index < -0.39 is 0 Å². The number of nitrogens with zero attached hydrogens (tertiary/aromatic N) is 1. The second kappa shape index (κ2) is 6.12. The van der Waals surface area contributed by atoms with Crippen LogP contribution in [0.25, 0.3) is 0 Å². The molecular weight excluding hydrogens is 269 g/mol. The Morgan fingerprint density at radius 2 is 1.86 bits per heavy atom. The van der Waals surface area contributed by atoms with Crippen LogP contribution in [-0.4, -0.2) is 17.1 Å². The van der Waals surface area contributed by atoms with Crippen molar-refractivity contribution >= 4 is 5.97 Å². The minimum Gasteiger partial charge on any atom is -0.461 e. The third kappa shape index (κ3) is 2.84. The minimum absolute atomic E-state index is 0.268. The van der Waals surface area contributed by atoms with E-state index in [-0.39, 0.29) is 11.8 Å². The number of carbonyl (C=O) groups is 1. The monoisotopic (exact) mass is 289 g/mol. The fraction of sp³-hybridized carbons (Fsp3) is 0.353. The van der Waals surface area contributed by atoms with Gasteiger partial charge in [0.2, 0.25) is 0 Å². The summed E-state index contributed by atoms with van der Waals surface area (Å²) in [4.78, 5) is 12.2. The number of rotatable bonds is 4. The van der Waals surface area contributed by atoms with E-state index in [1.807, 2.05) is 25.3 Å². The van der Waals surface area contributed by atoms with Gasteiger partial charge in [0.15, 0.2) is 0 Å². The maximum absolute atomic E-state index is 13.9. The maximum Gasteiger partial charge on any atom is 0.355 e. The molecule has 0 saturated heterocycles. The molecule has 0 radical (unpaired) electrons. The lowest BCUT2D eigenvalue weighted by Crippen LogP contribution is -2.15. The number of halogens is 1. The Kier molecular flexibility index (Phi) is 4.46. The van der Waals surface area contributed by atoms with E-state index in [1.165, 1.54) is 6.07 Å². The average molecular weight is 289 g/mol. The molecular formula is C17H20FNO2. The fourth-order valence-electron chi connectivity index (χ4n) is 2.48. The SMILES string of the molecule is CCOC(=O)c1c(C)c(C)c(C)n1Cc1ccccc1F. The minimum atomic E-state index is -0.359. The number of esters is 1. The molecule has 0 amide bonds. The Balaban J connectivity index is 2.50. The summed E-state index contributed by atoms with van der Waals surface area (Å²) in [5, 5.41) is 0. The summed E-state index contributed by atoms with van der Waals surface area (Å²) in [6, 6.07) is 6.61. The van der Waals surface area contributed by atoms with Crippen molar-refractivity contribution in [2.75, 3.05) is 6.61 Å². The topological polar surface area (TPSA) is 31.2 Å². The first-order valence-corrected chi connectivity index (χ1v) is 7.04. The highest BCUT2D eigenvalue weighted by atomic mass is 19.1. The van der Waals surface area contributed by atoms with Crippen molar-refractivity contribution in [3.63, 3.8) is 0 Å². The summed E-state index contributed by atoms with van der Waals surface area (Å²) in [5.41, 5.74) is 3.95. The summed E-state index contributed by atoms with van der Waals surface area (Å²) in [6.45, 7) is 8.21. The van der Waals surface area contributed by atoms with E-state index in [4.69, 9.17) is 4.74 Å². The highest BCUT2D eigenvalue weighted by Gasteiger charge is 2.22. The van der Waals surface area contributed by atoms with Crippen molar-refractivity contribution in [3.8, 4) is 0 Å². The van der Waals surface area contributed by atoms with E-state index in [9.17, 15) is 9.18 Å². The van der Waals surface area contributed by atoms with Gasteiger partial charge in [-0.05, 0) is 44.9 Å². The third-order valence-electron chi connectivity index (χ3n) is 3.89. The quantitative estimate of drug-likeness (QED) is 0.802. The molecule has 4 heteroatoms. The lowest BCUT2D eigenvalue weighted by atomic mass is 10.1. The first-order valence-electron chi connectivity index (χ1n) is 7.04. The van der Waals surface area contributed by atoms with Crippen LogP contribution in [-0.2, 0) is 11.3 Å². The molecule has 2 rings (SSSR count). The number of benzene rings is 1. The zero-order chi connectivity index (χ0) is 15.6. The van der Waals surface area contributed by atoms with E-state index in [0.717, 1.165) is 16.8 Å². The lowest BCUT2D eigenvalue weighted by molar-refractivity contribution is 0.0513. The Morgan fingerprint density at radius 1 is 1.19 bits per heavy atom. The van der Waals surface area contributed by atoms with Gasteiger partial charge in [-0.15, -0.1) is 0 Å². The molecule has 0 atom stereocenters. The van der Waals surface area contributed by atoms with Gasteiger partial charge in [-0.3, -0.25) is 0 Å². The van der Waals surface area contributed by atoms with E-state index in [1.54, 1.807) is 25.1 Å².